The van der Waals surface area contributed by atoms with E-state index in [4.69, 9.17) is 11.6 Å². The first-order chi connectivity index (χ1) is 9.08. The Labute approximate surface area is 115 Å². The van der Waals surface area contributed by atoms with Gasteiger partial charge in [0.25, 0.3) is 5.91 Å². The molecule has 0 unspecified atom stereocenters. The number of halogens is 3. The fraction of sp³-hybridized carbons (Fsp3) is 0.462. The summed E-state index contributed by atoms with van der Waals surface area (Å²) < 4.78 is 26.7. The van der Waals surface area contributed by atoms with Crippen LogP contribution < -0.4 is 10.6 Å². The van der Waals surface area contributed by atoms with Gasteiger partial charge >= 0.3 is 0 Å². The molecule has 0 aromatic heterocycles. The number of hydrogen-bond donors (Lipinski definition) is 2. The molecule has 1 heterocycles. The molecule has 1 aliphatic rings. The normalized spacial score (nSPS) is 18.6. The van der Waals surface area contributed by atoms with Crippen molar-refractivity contribution in [1.29, 1.82) is 0 Å². The van der Waals surface area contributed by atoms with Gasteiger partial charge in [-0.15, -0.1) is 0 Å². The topological polar surface area (TPSA) is 41.1 Å². The van der Waals surface area contributed by atoms with Crippen molar-refractivity contribution < 1.29 is 13.6 Å². The Morgan fingerprint density at radius 1 is 1.42 bits per heavy atom. The van der Waals surface area contributed by atoms with Gasteiger partial charge in [0.05, 0.1) is 10.6 Å². The summed E-state index contributed by atoms with van der Waals surface area (Å²) in [6.07, 6.45) is 3.00. The van der Waals surface area contributed by atoms with Crippen LogP contribution in [-0.4, -0.2) is 25.0 Å². The predicted octanol–water partition coefficient (Wildman–Crippen LogP) is 2.49. The summed E-state index contributed by atoms with van der Waals surface area (Å²) in [5.74, 6) is -2.24. The minimum absolute atomic E-state index is 0.318. The Bertz CT molecular complexity index is 476. The molecule has 0 spiro atoms. The van der Waals surface area contributed by atoms with Crippen LogP contribution in [0.1, 0.15) is 29.6 Å². The van der Waals surface area contributed by atoms with Gasteiger partial charge < -0.3 is 10.6 Å². The zero-order valence-electron chi connectivity index (χ0n) is 10.3. The van der Waals surface area contributed by atoms with Crippen molar-refractivity contribution in [2.45, 2.75) is 25.3 Å². The molecule has 104 valence electrons. The fourth-order valence-corrected chi connectivity index (χ4v) is 2.31. The minimum atomic E-state index is -0.817. The highest BCUT2D eigenvalue weighted by molar-refractivity contribution is 6.30. The number of amides is 1. The molecule has 1 fully saturated rings. The number of carbonyl (C=O) groups excluding carboxylic acids is 1. The first-order valence-corrected chi connectivity index (χ1v) is 6.62. The van der Waals surface area contributed by atoms with E-state index in [1.165, 1.54) is 0 Å². The third-order valence-corrected chi connectivity index (χ3v) is 3.48. The predicted molar refractivity (Wildman–Crippen MR) is 69.3 cm³/mol. The molecule has 1 aromatic carbocycles. The van der Waals surface area contributed by atoms with E-state index in [-0.39, 0.29) is 10.6 Å². The van der Waals surface area contributed by atoms with E-state index >= 15 is 0 Å². The number of hydrogen-bond acceptors (Lipinski definition) is 2. The monoisotopic (exact) mass is 288 g/mol. The lowest BCUT2D eigenvalue weighted by atomic mass is 10.1. The van der Waals surface area contributed by atoms with Gasteiger partial charge in [-0.05, 0) is 37.9 Å². The highest BCUT2D eigenvalue weighted by Gasteiger charge is 2.17. The summed E-state index contributed by atoms with van der Waals surface area (Å²) in [5, 5.41) is 5.55. The summed E-state index contributed by atoms with van der Waals surface area (Å²) in [4.78, 5) is 11.7. The lowest BCUT2D eigenvalue weighted by Gasteiger charge is -2.11. The molecular weight excluding hydrogens is 274 g/mol. The molecule has 6 heteroatoms. The molecule has 1 saturated heterocycles. The third-order valence-electron chi connectivity index (χ3n) is 3.20. The van der Waals surface area contributed by atoms with Gasteiger partial charge in [0.1, 0.15) is 11.6 Å². The van der Waals surface area contributed by atoms with Crippen molar-refractivity contribution in [3.05, 3.63) is 34.4 Å². The van der Waals surface area contributed by atoms with Crippen LogP contribution in [0.2, 0.25) is 5.02 Å². The maximum atomic E-state index is 13.5. The van der Waals surface area contributed by atoms with Gasteiger partial charge in [0.15, 0.2) is 0 Å². The number of benzene rings is 1. The molecule has 19 heavy (non-hydrogen) atoms. The molecule has 1 amide bonds. The number of carbonyl (C=O) groups is 1. The van der Waals surface area contributed by atoms with Crippen molar-refractivity contribution in [3.8, 4) is 0 Å². The number of nitrogens with one attached hydrogen (secondary N) is 2. The van der Waals surface area contributed by atoms with Crippen molar-refractivity contribution >= 4 is 17.5 Å². The van der Waals surface area contributed by atoms with E-state index in [2.05, 4.69) is 10.6 Å². The average molecular weight is 289 g/mol. The zero-order valence-corrected chi connectivity index (χ0v) is 11.1. The molecule has 1 aliphatic heterocycles. The van der Waals surface area contributed by atoms with Crippen molar-refractivity contribution in [2.24, 2.45) is 0 Å². The molecule has 2 rings (SSSR count). The second kappa shape index (κ2) is 6.30. The first-order valence-electron chi connectivity index (χ1n) is 6.24. The van der Waals surface area contributed by atoms with Crippen LogP contribution in [0.4, 0.5) is 8.78 Å². The van der Waals surface area contributed by atoms with Gasteiger partial charge in [-0.1, -0.05) is 11.6 Å². The molecule has 1 aromatic rings. The fourth-order valence-electron chi connectivity index (χ4n) is 2.15. The second-order valence-electron chi connectivity index (χ2n) is 4.58. The summed E-state index contributed by atoms with van der Waals surface area (Å²) >= 11 is 5.43. The van der Waals surface area contributed by atoms with E-state index in [0.717, 1.165) is 37.9 Å². The van der Waals surface area contributed by atoms with Gasteiger partial charge in [-0.25, -0.2) is 8.78 Å². The van der Waals surface area contributed by atoms with E-state index in [9.17, 15) is 13.6 Å². The standard InChI is InChI=1S/C13H15ClF2N2O/c14-10-7-11(15)9(6-12(10)16)13(19)18-5-3-8-2-1-4-17-8/h6-8,17H,1-5H2,(H,18,19)/t8-/m1/s1. The molecule has 0 radical (unpaired) electrons. The Kier molecular flexibility index (Phi) is 4.71. The van der Waals surface area contributed by atoms with Crippen LogP contribution in [0.15, 0.2) is 12.1 Å². The largest absolute Gasteiger partial charge is 0.352 e. The lowest BCUT2D eigenvalue weighted by molar-refractivity contribution is 0.0948. The summed E-state index contributed by atoms with van der Waals surface area (Å²) in [6, 6.07) is 2.03. The quantitative estimate of drug-likeness (QED) is 0.836. The number of rotatable bonds is 4. The molecule has 0 saturated carbocycles. The van der Waals surface area contributed by atoms with Crippen LogP contribution in [0, 0.1) is 11.6 Å². The van der Waals surface area contributed by atoms with Gasteiger partial charge in [0, 0.05) is 12.6 Å². The highest BCUT2D eigenvalue weighted by atomic mass is 35.5. The molecule has 3 nitrogen and oxygen atoms in total. The van der Waals surface area contributed by atoms with E-state index in [1.54, 1.807) is 0 Å². The molecule has 2 N–H and O–H groups in total. The Morgan fingerprint density at radius 2 is 2.21 bits per heavy atom. The van der Waals surface area contributed by atoms with Crippen LogP contribution in [0.5, 0.6) is 0 Å². The van der Waals surface area contributed by atoms with Gasteiger partial charge in [-0.3, -0.25) is 4.79 Å². The highest BCUT2D eigenvalue weighted by Crippen LogP contribution is 2.19. The van der Waals surface area contributed by atoms with Gasteiger partial charge in [0.2, 0.25) is 0 Å². The molecule has 0 bridgehead atoms. The zero-order chi connectivity index (χ0) is 13.8. The van der Waals surface area contributed by atoms with Crippen molar-refractivity contribution in [1.82, 2.24) is 10.6 Å². The Morgan fingerprint density at radius 3 is 2.89 bits per heavy atom. The minimum Gasteiger partial charge on any atom is -0.352 e. The van der Waals surface area contributed by atoms with Crippen molar-refractivity contribution in [3.63, 3.8) is 0 Å². The summed E-state index contributed by atoms with van der Waals surface area (Å²) in [6.45, 7) is 1.43. The molecular formula is C13H15ClF2N2O. The van der Waals surface area contributed by atoms with Crippen LogP contribution in [0.25, 0.3) is 0 Å². The van der Waals surface area contributed by atoms with E-state index in [1.807, 2.05) is 0 Å². The third kappa shape index (κ3) is 3.64. The van der Waals surface area contributed by atoms with E-state index < -0.39 is 17.5 Å². The summed E-state index contributed by atoms with van der Waals surface area (Å²) in [5.41, 5.74) is -0.318. The molecule has 1 atom stereocenters. The van der Waals surface area contributed by atoms with Crippen molar-refractivity contribution in [2.75, 3.05) is 13.1 Å². The Hall–Kier alpha value is -1.20. The molecule has 0 aliphatic carbocycles. The smallest absolute Gasteiger partial charge is 0.254 e. The SMILES string of the molecule is O=C(NCC[C@H]1CCCN1)c1cc(F)c(Cl)cc1F. The van der Waals surface area contributed by atoms with Crippen LogP contribution >= 0.6 is 11.6 Å². The Balaban J connectivity index is 1.90. The maximum absolute atomic E-state index is 13.5. The van der Waals surface area contributed by atoms with Crippen LogP contribution in [-0.2, 0) is 0 Å². The second-order valence-corrected chi connectivity index (χ2v) is 4.99. The van der Waals surface area contributed by atoms with Crippen LogP contribution in [0.3, 0.4) is 0 Å². The maximum Gasteiger partial charge on any atom is 0.254 e. The summed E-state index contributed by atoms with van der Waals surface area (Å²) in [7, 11) is 0. The van der Waals surface area contributed by atoms with E-state index in [0.29, 0.717) is 12.6 Å². The van der Waals surface area contributed by atoms with Gasteiger partial charge in [-0.2, -0.15) is 0 Å². The lowest BCUT2D eigenvalue weighted by Crippen LogP contribution is -2.31. The first kappa shape index (κ1) is 14.2. The average Bonchev–Trinajstić information content (AvgIpc) is 2.86.